The minimum absolute atomic E-state index is 0.174. The molecule has 0 saturated heterocycles. The van der Waals surface area contributed by atoms with Crippen LogP contribution in [0.3, 0.4) is 0 Å². The van der Waals surface area contributed by atoms with Crippen LogP contribution in [0, 0.1) is 0 Å². The van der Waals surface area contributed by atoms with Crippen LogP contribution in [0.5, 0.6) is 0 Å². The molecule has 2 nitrogen and oxygen atoms in total. The Hall–Kier alpha value is -1.05. The van der Waals surface area contributed by atoms with E-state index in [1.54, 1.807) is 0 Å². The Labute approximate surface area is 77.9 Å². The fraction of sp³-hybridized carbons (Fsp3) is 0.545. The van der Waals surface area contributed by atoms with E-state index in [0.717, 1.165) is 24.2 Å². The van der Waals surface area contributed by atoms with Crippen LogP contribution in [0.2, 0.25) is 0 Å². The van der Waals surface area contributed by atoms with Gasteiger partial charge in [-0.25, -0.2) is 0 Å². The zero-order valence-corrected chi connectivity index (χ0v) is 8.09. The topological polar surface area (TPSA) is 30.2 Å². The van der Waals surface area contributed by atoms with Crippen LogP contribution in [0.15, 0.2) is 10.5 Å². The second-order valence-corrected chi connectivity index (χ2v) is 3.93. The van der Waals surface area contributed by atoms with E-state index in [1.807, 2.05) is 6.07 Å². The van der Waals surface area contributed by atoms with Gasteiger partial charge in [-0.2, -0.15) is 0 Å². The van der Waals surface area contributed by atoms with Crippen LogP contribution >= 0.6 is 0 Å². The van der Waals surface area contributed by atoms with Crippen LogP contribution in [-0.4, -0.2) is 5.78 Å². The third-order valence-electron chi connectivity index (χ3n) is 2.50. The second-order valence-electron chi connectivity index (χ2n) is 3.93. The van der Waals surface area contributed by atoms with Gasteiger partial charge >= 0.3 is 0 Å². The van der Waals surface area contributed by atoms with Crippen molar-refractivity contribution in [2.75, 3.05) is 0 Å². The molecule has 0 aliphatic heterocycles. The second kappa shape index (κ2) is 3.02. The lowest BCUT2D eigenvalue weighted by Gasteiger charge is -2.06. The summed E-state index contributed by atoms with van der Waals surface area (Å²) >= 11 is 0. The van der Waals surface area contributed by atoms with Gasteiger partial charge in [-0.05, 0) is 18.9 Å². The van der Waals surface area contributed by atoms with Gasteiger partial charge in [-0.15, -0.1) is 0 Å². The molecule has 70 valence electrons. The molecule has 0 saturated carbocycles. The van der Waals surface area contributed by atoms with Gasteiger partial charge in [0.05, 0.1) is 0 Å². The molecule has 0 aromatic carbocycles. The summed E-state index contributed by atoms with van der Waals surface area (Å²) in [6.45, 7) is 4.16. The largest absolute Gasteiger partial charge is 0.457 e. The molecule has 0 unspecified atom stereocenters. The maximum absolute atomic E-state index is 11.4. The molecule has 0 spiro atoms. The minimum atomic E-state index is 0.174. The highest BCUT2D eigenvalue weighted by Gasteiger charge is 2.22. The average molecular weight is 178 g/mol. The first-order valence-corrected chi connectivity index (χ1v) is 4.84. The number of hydrogen-bond acceptors (Lipinski definition) is 2. The minimum Gasteiger partial charge on any atom is -0.457 e. The molecule has 1 heterocycles. The predicted molar refractivity (Wildman–Crippen MR) is 50.1 cm³/mol. The van der Waals surface area contributed by atoms with Crippen LogP contribution in [0.4, 0.5) is 0 Å². The molecule has 13 heavy (non-hydrogen) atoms. The van der Waals surface area contributed by atoms with E-state index < -0.39 is 0 Å². The summed E-state index contributed by atoms with van der Waals surface area (Å²) in [7, 11) is 0. The molecule has 1 aliphatic carbocycles. The molecular weight excluding hydrogens is 164 g/mol. The van der Waals surface area contributed by atoms with Crippen molar-refractivity contribution in [2.45, 2.75) is 39.0 Å². The average Bonchev–Trinajstić information content (AvgIpc) is 2.49. The van der Waals surface area contributed by atoms with E-state index in [9.17, 15) is 4.79 Å². The van der Waals surface area contributed by atoms with Crippen molar-refractivity contribution in [3.8, 4) is 0 Å². The molecular formula is C11H14O2. The molecule has 0 amide bonds. The lowest BCUT2D eigenvalue weighted by atomic mass is 9.97. The maximum Gasteiger partial charge on any atom is 0.198 e. The number of carbonyl (C=O) groups excluding carboxylic acids is 1. The molecule has 1 aromatic rings. The van der Waals surface area contributed by atoms with Gasteiger partial charge in [0.2, 0.25) is 0 Å². The van der Waals surface area contributed by atoms with Gasteiger partial charge in [-0.1, -0.05) is 13.8 Å². The SMILES string of the molecule is CC(C)c1cc2c(o1)C(=O)CCC2. The summed E-state index contributed by atoms with van der Waals surface area (Å²) < 4.78 is 5.53. The van der Waals surface area contributed by atoms with Crippen LogP contribution < -0.4 is 0 Å². The lowest BCUT2D eigenvalue weighted by Crippen LogP contribution is -2.07. The van der Waals surface area contributed by atoms with Gasteiger partial charge in [0.15, 0.2) is 11.5 Å². The molecule has 0 fully saturated rings. The fourth-order valence-electron chi connectivity index (χ4n) is 1.71. The molecule has 1 aliphatic rings. The molecule has 0 N–H and O–H groups in total. The highest BCUT2D eigenvalue weighted by molar-refractivity contribution is 5.95. The highest BCUT2D eigenvalue weighted by Crippen LogP contribution is 2.28. The van der Waals surface area contributed by atoms with Gasteiger partial charge in [0, 0.05) is 17.9 Å². The molecule has 1 aromatic heterocycles. The Morgan fingerprint density at radius 3 is 2.77 bits per heavy atom. The zero-order chi connectivity index (χ0) is 9.42. The van der Waals surface area contributed by atoms with Crippen LogP contribution in [0.25, 0.3) is 0 Å². The number of hydrogen-bond donors (Lipinski definition) is 0. The number of fused-ring (bicyclic) bond motifs is 1. The first-order valence-electron chi connectivity index (χ1n) is 4.84. The summed E-state index contributed by atoms with van der Waals surface area (Å²) in [5.74, 6) is 2.11. The summed E-state index contributed by atoms with van der Waals surface area (Å²) in [4.78, 5) is 11.4. The molecule has 0 radical (unpaired) electrons. The smallest absolute Gasteiger partial charge is 0.198 e. The van der Waals surface area contributed by atoms with E-state index >= 15 is 0 Å². The normalized spacial score (nSPS) is 16.4. The van der Waals surface area contributed by atoms with Crippen molar-refractivity contribution in [1.82, 2.24) is 0 Å². The van der Waals surface area contributed by atoms with Crippen molar-refractivity contribution < 1.29 is 9.21 Å². The van der Waals surface area contributed by atoms with Crippen molar-refractivity contribution in [2.24, 2.45) is 0 Å². The third kappa shape index (κ3) is 1.41. The monoisotopic (exact) mass is 178 g/mol. The number of rotatable bonds is 1. The predicted octanol–water partition coefficient (Wildman–Crippen LogP) is 2.92. The number of carbonyl (C=O) groups is 1. The van der Waals surface area contributed by atoms with Gasteiger partial charge in [0.25, 0.3) is 0 Å². The number of ketones is 1. The van der Waals surface area contributed by atoms with Crippen molar-refractivity contribution >= 4 is 5.78 Å². The third-order valence-corrected chi connectivity index (χ3v) is 2.50. The summed E-state index contributed by atoms with van der Waals surface area (Å²) in [5.41, 5.74) is 1.11. The van der Waals surface area contributed by atoms with E-state index in [0.29, 0.717) is 18.1 Å². The Kier molecular flexibility index (Phi) is 1.98. The van der Waals surface area contributed by atoms with E-state index in [1.165, 1.54) is 0 Å². The summed E-state index contributed by atoms with van der Waals surface area (Å²) in [6, 6.07) is 2.04. The Bertz CT molecular complexity index is 334. The van der Waals surface area contributed by atoms with Crippen molar-refractivity contribution in [3.63, 3.8) is 0 Å². The number of aryl methyl sites for hydroxylation is 1. The van der Waals surface area contributed by atoms with E-state index in [-0.39, 0.29) is 5.78 Å². The lowest BCUT2D eigenvalue weighted by molar-refractivity contribution is 0.0941. The van der Waals surface area contributed by atoms with Crippen molar-refractivity contribution in [3.05, 3.63) is 23.2 Å². The standard InChI is InChI=1S/C11H14O2/c1-7(2)10-6-8-4-3-5-9(12)11(8)13-10/h6-7H,3-5H2,1-2H3. The fourth-order valence-corrected chi connectivity index (χ4v) is 1.71. The maximum atomic E-state index is 11.4. The first kappa shape index (κ1) is 8.54. The summed E-state index contributed by atoms with van der Waals surface area (Å²) in [5, 5.41) is 0. The molecule has 0 atom stereocenters. The van der Waals surface area contributed by atoms with Gasteiger partial charge in [-0.3, -0.25) is 4.79 Å². The van der Waals surface area contributed by atoms with Gasteiger partial charge in [0.1, 0.15) is 5.76 Å². The summed E-state index contributed by atoms with van der Waals surface area (Å²) in [6.07, 6.45) is 2.62. The highest BCUT2D eigenvalue weighted by atomic mass is 16.3. The van der Waals surface area contributed by atoms with Gasteiger partial charge < -0.3 is 4.42 Å². The van der Waals surface area contributed by atoms with E-state index in [2.05, 4.69) is 13.8 Å². The van der Waals surface area contributed by atoms with E-state index in [4.69, 9.17) is 4.42 Å². The Balaban J connectivity index is 2.42. The Morgan fingerprint density at radius 1 is 1.38 bits per heavy atom. The molecule has 0 bridgehead atoms. The van der Waals surface area contributed by atoms with Crippen LogP contribution in [0.1, 0.15) is 54.5 Å². The molecule has 2 heteroatoms. The molecule has 2 rings (SSSR count). The zero-order valence-electron chi connectivity index (χ0n) is 8.09. The van der Waals surface area contributed by atoms with Crippen molar-refractivity contribution in [1.29, 1.82) is 0 Å². The number of Topliss-reactive ketones (excluding diaryl/α,β-unsaturated/α-hetero) is 1. The first-order chi connectivity index (χ1) is 6.18. The Morgan fingerprint density at radius 2 is 2.15 bits per heavy atom. The quantitative estimate of drug-likeness (QED) is 0.661. The number of furan rings is 1. The van der Waals surface area contributed by atoms with Crippen LogP contribution in [-0.2, 0) is 6.42 Å².